The quantitative estimate of drug-likeness (QED) is 0.706. The number of hydrogen-bond acceptors (Lipinski definition) is 4. The molecule has 1 saturated carbocycles. The molecule has 0 spiro atoms. The molecule has 1 aliphatic carbocycles. The molecule has 1 N–H and O–H groups in total. The van der Waals surface area contributed by atoms with Gasteiger partial charge in [0.1, 0.15) is 5.58 Å². The van der Waals surface area contributed by atoms with Crippen molar-refractivity contribution < 1.29 is 9.21 Å². The second kappa shape index (κ2) is 6.06. The Balaban J connectivity index is 1.72. The third-order valence-electron chi connectivity index (χ3n) is 4.94. The van der Waals surface area contributed by atoms with Gasteiger partial charge in [-0.3, -0.25) is 4.79 Å². The van der Waals surface area contributed by atoms with Crippen molar-refractivity contribution in [1.29, 1.82) is 0 Å². The number of fused-ring (bicyclic) bond motifs is 3. The molecule has 4 rings (SSSR count). The van der Waals surface area contributed by atoms with Crippen LogP contribution < -0.4 is 10.9 Å². The van der Waals surface area contributed by atoms with E-state index >= 15 is 0 Å². The first-order chi connectivity index (χ1) is 11.6. The maximum atomic E-state index is 12.6. The minimum Gasteiger partial charge on any atom is -0.422 e. The minimum atomic E-state index is -0.384. The van der Waals surface area contributed by atoms with Gasteiger partial charge in [0, 0.05) is 11.4 Å². The Morgan fingerprint density at radius 1 is 1.21 bits per heavy atom. The lowest BCUT2D eigenvalue weighted by Crippen LogP contribution is -2.40. The number of benzene rings is 1. The standard InChI is InChI=1S/C19H19NO3S/c1-11-6-2-4-8-14(11)20-18(21)16-10-13-17(24-16)12-7-3-5-9-15(12)23-19(13)22/h3,5,7,9-11,14H,2,4,6,8H2,1H3,(H,20,21). The number of carbonyl (C=O) groups is 1. The van der Waals surface area contributed by atoms with Crippen molar-refractivity contribution in [2.24, 2.45) is 5.92 Å². The normalized spacial score (nSPS) is 21.2. The molecule has 24 heavy (non-hydrogen) atoms. The number of nitrogens with one attached hydrogen (secondary N) is 1. The first-order valence-corrected chi connectivity index (χ1v) is 9.21. The second-order valence-electron chi connectivity index (χ2n) is 6.58. The van der Waals surface area contributed by atoms with Gasteiger partial charge in [-0.2, -0.15) is 0 Å². The monoisotopic (exact) mass is 341 g/mol. The number of thiophene rings is 1. The molecule has 1 amide bonds. The van der Waals surface area contributed by atoms with Crippen LogP contribution in [0.15, 0.2) is 39.5 Å². The largest absolute Gasteiger partial charge is 0.422 e. The van der Waals surface area contributed by atoms with Gasteiger partial charge in [-0.05, 0) is 37.0 Å². The Bertz CT molecular complexity index is 972. The Labute approximate surface area is 143 Å². The van der Waals surface area contributed by atoms with Crippen LogP contribution in [0.1, 0.15) is 42.3 Å². The van der Waals surface area contributed by atoms with Crippen LogP contribution in [-0.4, -0.2) is 11.9 Å². The Hall–Kier alpha value is -2.14. The van der Waals surface area contributed by atoms with Crippen LogP contribution in [0, 0.1) is 5.92 Å². The molecule has 2 atom stereocenters. The van der Waals surface area contributed by atoms with E-state index in [2.05, 4.69) is 12.2 Å². The van der Waals surface area contributed by atoms with Crippen molar-refractivity contribution in [2.75, 3.05) is 0 Å². The zero-order chi connectivity index (χ0) is 16.7. The summed E-state index contributed by atoms with van der Waals surface area (Å²) in [6, 6.07) is 9.33. The van der Waals surface area contributed by atoms with Gasteiger partial charge < -0.3 is 9.73 Å². The molecule has 124 valence electrons. The van der Waals surface area contributed by atoms with E-state index < -0.39 is 0 Å². The van der Waals surface area contributed by atoms with Gasteiger partial charge in [0.05, 0.1) is 15.0 Å². The van der Waals surface area contributed by atoms with Crippen LogP contribution in [0.4, 0.5) is 0 Å². The summed E-state index contributed by atoms with van der Waals surface area (Å²) in [4.78, 5) is 25.4. The maximum absolute atomic E-state index is 12.6. The van der Waals surface area contributed by atoms with Crippen molar-refractivity contribution in [1.82, 2.24) is 5.32 Å². The van der Waals surface area contributed by atoms with E-state index in [9.17, 15) is 9.59 Å². The molecular weight excluding hydrogens is 322 g/mol. The van der Waals surface area contributed by atoms with Gasteiger partial charge in [-0.25, -0.2) is 4.79 Å². The highest BCUT2D eigenvalue weighted by molar-refractivity contribution is 7.21. The highest BCUT2D eigenvalue weighted by Gasteiger charge is 2.24. The summed E-state index contributed by atoms with van der Waals surface area (Å²) in [5, 5.41) is 4.52. The zero-order valence-electron chi connectivity index (χ0n) is 13.5. The van der Waals surface area contributed by atoms with Crippen molar-refractivity contribution in [3.8, 4) is 0 Å². The number of para-hydroxylation sites is 1. The number of carbonyl (C=O) groups excluding carboxylic acids is 1. The Morgan fingerprint density at radius 3 is 2.83 bits per heavy atom. The zero-order valence-corrected chi connectivity index (χ0v) is 14.3. The Morgan fingerprint density at radius 2 is 2.00 bits per heavy atom. The lowest BCUT2D eigenvalue weighted by molar-refractivity contribution is 0.0914. The minimum absolute atomic E-state index is 0.0848. The van der Waals surface area contributed by atoms with E-state index in [0.717, 1.165) is 29.3 Å². The molecule has 3 aromatic rings. The summed E-state index contributed by atoms with van der Waals surface area (Å²) in [7, 11) is 0. The molecule has 4 nitrogen and oxygen atoms in total. The van der Waals surface area contributed by atoms with Crippen molar-refractivity contribution in [3.05, 3.63) is 45.6 Å². The van der Waals surface area contributed by atoms with Crippen LogP contribution in [0.25, 0.3) is 21.1 Å². The van der Waals surface area contributed by atoms with E-state index in [1.165, 1.54) is 17.8 Å². The predicted molar refractivity (Wildman–Crippen MR) is 96.8 cm³/mol. The van der Waals surface area contributed by atoms with Gasteiger partial charge in [0.25, 0.3) is 5.91 Å². The predicted octanol–water partition coefficient (Wildman–Crippen LogP) is 4.32. The van der Waals surface area contributed by atoms with E-state index in [-0.39, 0.29) is 17.6 Å². The van der Waals surface area contributed by atoms with Gasteiger partial charge in [-0.1, -0.05) is 31.9 Å². The molecule has 0 radical (unpaired) electrons. The molecule has 2 aromatic heterocycles. The lowest BCUT2D eigenvalue weighted by Gasteiger charge is -2.29. The average molecular weight is 341 g/mol. The molecule has 0 saturated heterocycles. The third kappa shape index (κ3) is 2.63. The molecule has 1 aromatic carbocycles. The summed E-state index contributed by atoms with van der Waals surface area (Å²) in [6.07, 6.45) is 4.59. The summed E-state index contributed by atoms with van der Waals surface area (Å²) >= 11 is 1.37. The average Bonchev–Trinajstić information content (AvgIpc) is 3.03. The third-order valence-corrected chi connectivity index (χ3v) is 6.11. The van der Waals surface area contributed by atoms with Gasteiger partial charge in [0.2, 0.25) is 0 Å². The van der Waals surface area contributed by atoms with Gasteiger partial charge in [-0.15, -0.1) is 11.3 Å². The number of hydrogen-bond donors (Lipinski definition) is 1. The summed E-state index contributed by atoms with van der Waals surface area (Å²) in [5.74, 6) is 0.418. The van der Waals surface area contributed by atoms with Crippen LogP contribution >= 0.6 is 11.3 Å². The molecule has 0 aliphatic heterocycles. The highest BCUT2D eigenvalue weighted by atomic mass is 32.1. The fraction of sp³-hybridized carbons (Fsp3) is 0.368. The summed E-state index contributed by atoms with van der Waals surface area (Å²) in [6.45, 7) is 2.19. The van der Waals surface area contributed by atoms with Crippen LogP contribution in [0.3, 0.4) is 0 Å². The Kier molecular flexibility index (Phi) is 3.88. The lowest BCUT2D eigenvalue weighted by atomic mass is 9.86. The molecule has 2 heterocycles. The summed E-state index contributed by atoms with van der Waals surface area (Å²) in [5.41, 5.74) is 0.176. The van der Waals surface area contributed by atoms with Gasteiger partial charge in [0.15, 0.2) is 0 Å². The van der Waals surface area contributed by atoms with E-state index in [1.54, 1.807) is 12.1 Å². The van der Waals surface area contributed by atoms with Crippen LogP contribution in [0.5, 0.6) is 0 Å². The van der Waals surface area contributed by atoms with Crippen LogP contribution in [-0.2, 0) is 0 Å². The molecule has 5 heteroatoms. The van der Waals surface area contributed by atoms with Gasteiger partial charge >= 0.3 is 5.63 Å². The maximum Gasteiger partial charge on any atom is 0.345 e. The molecule has 0 bridgehead atoms. The highest BCUT2D eigenvalue weighted by Crippen LogP contribution is 2.31. The topological polar surface area (TPSA) is 59.3 Å². The number of rotatable bonds is 2. The summed E-state index contributed by atoms with van der Waals surface area (Å²) < 4.78 is 6.18. The fourth-order valence-corrected chi connectivity index (χ4v) is 4.60. The first-order valence-electron chi connectivity index (χ1n) is 8.40. The molecule has 2 unspecified atom stereocenters. The van der Waals surface area contributed by atoms with E-state index in [0.29, 0.717) is 21.8 Å². The molecular formula is C19H19NO3S. The fourth-order valence-electron chi connectivity index (χ4n) is 3.52. The smallest absolute Gasteiger partial charge is 0.345 e. The van der Waals surface area contributed by atoms with Crippen molar-refractivity contribution in [2.45, 2.75) is 38.6 Å². The van der Waals surface area contributed by atoms with E-state index in [1.807, 2.05) is 18.2 Å². The van der Waals surface area contributed by atoms with Crippen molar-refractivity contribution in [3.63, 3.8) is 0 Å². The van der Waals surface area contributed by atoms with E-state index in [4.69, 9.17) is 4.42 Å². The molecule has 1 fully saturated rings. The number of amides is 1. The SMILES string of the molecule is CC1CCCCC1NC(=O)c1cc2c(=O)oc3ccccc3c2s1. The van der Waals surface area contributed by atoms with Crippen molar-refractivity contribution >= 4 is 38.3 Å². The van der Waals surface area contributed by atoms with Crippen LogP contribution in [0.2, 0.25) is 0 Å². The second-order valence-corrected chi connectivity index (χ2v) is 7.63. The molecule has 1 aliphatic rings. The first kappa shape index (κ1) is 15.4.